The Balaban J connectivity index is 2.14. The predicted molar refractivity (Wildman–Crippen MR) is 100 cm³/mol. The Morgan fingerprint density at radius 2 is 2.00 bits per heavy atom. The van der Waals surface area contributed by atoms with Crippen molar-refractivity contribution in [2.45, 2.75) is 11.1 Å². The number of ketones is 1. The van der Waals surface area contributed by atoms with Crippen molar-refractivity contribution in [2.24, 2.45) is 0 Å². The fourth-order valence-electron chi connectivity index (χ4n) is 2.35. The standard InChI is InChI=1S/C16H9Cl2N5O4S/c1-28(26,27)16-20-6-10(18)12(22-16)13(24)9(5-19)14-21-11-3-2-7(17)4-8(11)15(25)23-14/h2-4,6,9H,1H3,(H,21,23,25)/t9-/m1/s1. The lowest BCUT2D eigenvalue weighted by Gasteiger charge is -2.10. The Kier molecular flexibility index (Phi) is 5.16. The van der Waals surface area contributed by atoms with Gasteiger partial charge in [-0.05, 0) is 18.2 Å². The summed E-state index contributed by atoms with van der Waals surface area (Å²) < 4.78 is 23.3. The van der Waals surface area contributed by atoms with Gasteiger partial charge in [0.15, 0.2) is 5.92 Å². The first-order valence-electron chi connectivity index (χ1n) is 7.47. The van der Waals surface area contributed by atoms with Crippen molar-refractivity contribution in [3.63, 3.8) is 0 Å². The number of nitriles is 1. The lowest BCUT2D eigenvalue weighted by Crippen LogP contribution is -2.21. The largest absolute Gasteiger partial charge is 0.308 e. The molecule has 0 unspecified atom stereocenters. The summed E-state index contributed by atoms with van der Waals surface area (Å²) in [5, 5.41) is 9.12. The summed E-state index contributed by atoms with van der Waals surface area (Å²) in [5.41, 5.74) is -0.842. The van der Waals surface area contributed by atoms with Gasteiger partial charge < -0.3 is 4.98 Å². The number of H-pyrrole nitrogens is 1. The number of benzene rings is 1. The van der Waals surface area contributed by atoms with Crippen LogP contribution in [0.2, 0.25) is 10.0 Å². The van der Waals surface area contributed by atoms with E-state index in [0.717, 1.165) is 12.5 Å². The topological polar surface area (TPSA) is 147 Å². The smallest absolute Gasteiger partial charge is 0.258 e. The summed E-state index contributed by atoms with van der Waals surface area (Å²) in [4.78, 5) is 38.8. The van der Waals surface area contributed by atoms with Crippen molar-refractivity contribution in [3.05, 3.63) is 56.3 Å². The quantitative estimate of drug-likeness (QED) is 0.480. The maximum Gasteiger partial charge on any atom is 0.258 e. The lowest BCUT2D eigenvalue weighted by atomic mass is 10.0. The number of hydrogen-bond donors (Lipinski definition) is 1. The molecule has 2 heterocycles. The van der Waals surface area contributed by atoms with Crippen LogP contribution in [0.1, 0.15) is 22.2 Å². The molecule has 0 saturated carbocycles. The zero-order valence-electron chi connectivity index (χ0n) is 14.0. The van der Waals surface area contributed by atoms with Gasteiger partial charge >= 0.3 is 0 Å². The summed E-state index contributed by atoms with van der Waals surface area (Å²) in [6, 6.07) is 6.10. The highest BCUT2D eigenvalue weighted by Gasteiger charge is 2.29. The molecule has 0 fully saturated rings. The normalized spacial score (nSPS) is 12.5. The average Bonchev–Trinajstić information content (AvgIpc) is 2.62. The highest BCUT2D eigenvalue weighted by molar-refractivity contribution is 7.90. The molecule has 0 aliphatic heterocycles. The molecule has 2 aromatic heterocycles. The molecule has 9 nitrogen and oxygen atoms in total. The van der Waals surface area contributed by atoms with Gasteiger partial charge in [0.1, 0.15) is 11.5 Å². The number of nitrogens with one attached hydrogen (secondary N) is 1. The minimum Gasteiger partial charge on any atom is -0.308 e. The summed E-state index contributed by atoms with van der Waals surface area (Å²) in [7, 11) is -3.81. The van der Waals surface area contributed by atoms with Gasteiger partial charge in [0, 0.05) is 11.3 Å². The lowest BCUT2D eigenvalue weighted by molar-refractivity contribution is 0.0970. The second kappa shape index (κ2) is 7.27. The van der Waals surface area contributed by atoms with Crippen LogP contribution < -0.4 is 5.56 Å². The van der Waals surface area contributed by atoms with E-state index >= 15 is 0 Å². The Bertz CT molecular complexity index is 1330. The van der Waals surface area contributed by atoms with Crippen LogP contribution in [0.5, 0.6) is 0 Å². The summed E-state index contributed by atoms with van der Waals surface area (Å²) >= 11 is 11.8. The third-order valence-electron chi connectivity index (χ3n) is 3.64. The highest BCUT2D eigenvalue weighted by atomic mass is 35.5. The molecule has 0 aliphatic rings. The number of halogens is 2. The number of carbonyl (C=O) groups is 1. The molecule has 0 saturated heterocycles. The Labute approximate surface area is 167 Å². The third kappa shape index (κ3) is 3.73. The fraction of sp³-hybridized carbons (Fsp3) is 0.125. The van der Waals surface area contributed by atoms with E-state index in [2.05, 4.69) is 19.9 Å². The van der Waals surface area contributed by atoms with E-state index < -0.39 is 37.9 Å². The number of aromatic nitrogens is 4. The van der Waals surface area contributed by atoms with E-state index in [9.17, 15) is 23.3 Å². The molecule has 3 aromatic rings. The fourth-order valence-corrected chi connectivity index (χ4v) is 3.21. The van der Waals surface area contributed by atoms with Gasteiger partial charge in [0.25, 0.3) is 5.56 Å². The average molecular weight is 438 g/mol. The minimum absolute atomic E-state index is 0.180. The van der Waals surface area contributed by atoms with Crippen molar-refractivity contribution in [3.8, 4) is 6.07 Å². The van der Waals surface area contributed by atoms with Gasteiger partial charge in [0.05, 0.1) is 28.2 Å². The minimum atomic E-state index is -3.81. The second-order valence-corrected chi connectivity index (χ2v) is 8.41. The van der Waals surface area contributed by atoms with E-state index in [4.69, 9.17) is 23.2 Å². The van der Waals surface area contributed by atoms with Gasteiger partial charge in [-0.1, -0.05) is 23.2 Å². The molecule has 0 amide bonds. The van der Waals surface area contributed by atoms with E-state index in [1.807, 2.05) is 0 Å². The van der Waals surface area contributed by atoms with Crippen LogP contribution in [-0.2, 0) is 9.84 Å². The molecule has 12 heteroatoms. The molecule has 1 atom stereocenters. The van der Waals surface area contributed by atoms with Crippen LogP contribution in [0, 0.1) is 11.3 Å². The number of sulfone groups is 1. The molecule has 1 N–H and O–H groups in total. The zero-order chi connectivity index (χ0) is 20.6. The molecule has 1 aromatic carbocycles. The first-order chi connectivity index (χ1) is 13.1. The number of aromatic amines is 1. The maximum atomic E-state index is 12.8. The van der Waals surface area contributed by atoms with Crippen LogP contribution >= 0.6 is 23.2 Å². The second-order valence-electron chi connectivity index (χ2n) is 5.66. The predicted octanol–water partition coefficient (Wildman–Crippen LogP) is 1.91. The molecule has 3 rings (SSSR count). The van der Waals surface area contributed by atoms with E-state index in [1.165, 1.54) is 18.2 Å². The van der Waals surface area contributed by atoms with Crippen LogP contribution in [0.4, 0.5) is 0 Å². The summed E-state index contributed by atoms with van der Waals surface area (Å²) in [6.45, 7) is 0. The number of nitrogens with zero attached hydrogens (tertiary/aromatic N) is 4. The van der Waals surface area contributed by atoms with Crippen LogP contribution in [0.25, 0.3) is 10.9 Å². The van der Waals surface area contributed by atoms with Gasteiger partial charge in [-0.15, -0.1) is 0 Å². The highest BCUT2D eigenvalue weighted by Crippen LogP contribution is 2.23. The number of hydrogen-bond acceptors (Lipinski definition) is 8. The summed E-state index contributed by atoms with van der Waals surface area (Å²) in [6.07, 6.45) is 1.81. The monoisotopic (exact) mass is 437 g/mol. The SMILES string of the molecule is CS(=O)(=O)c1ncc(Cl)c(C(=O)[C@@H](C#N)c2nc3ccc(Cl)cc3c(=O)[nH]2)n1. The Morgan fingerprint density at radius 3 is 2.64 bits per heavy atom. The molecular formula is C16H9Cl2N5O4S. The van der Waals surface area contributed by atoms with E-state index in [1.54, 1.807) is 6.07 Å². The number of carbonyl (C=O) groups excluding carboxylic acids is 1. The Hall–Kier alpha value is -2.87. The van der Waals surface area contributed by atoms with E-state index in [-0.39, 0.29) is 21.7 Å². The number of rotatable bonds is 4. The molecule has 0 aliphatic carbocycles. The molecule has 0 radical (unpaired) electrons. The van der Waals surface area contributed by atoms with Crippen molar-refractivity contribution >= 4 is 49.7 Å². The van der Waals surface area contributed by atoms with Crippen LogP contribution in [-0.4, -0.2) is 40.4 Å². The van der Waals surface area contributed by atoms with Gasteiger partial charge in [-0.3, -0.25) is 9.59 Å². The van der Waals surface area contributed by atoms with Crippen LogP contribution in [0.15, 0.2) is 34.3 Å². The zero-order valence-corrected chi connectivity index (χ0v) is 16.3. The number of fused-ring (bicyclic) bond motifs is 1. The van der Waals surface area contributed by atoms with Gasteiger partial charge in [0.2, 0.25) is 20.8 Å². The van der Waals surface area contributed by atoms with Crippen molar-refractivity contribution in [1.29, 1.82) is 5.26 Å². The van der Waals surface area contributed by atoms with Crippen LogP contribution in [0.3, 0.4) is 0 Å². The Morgan fingerprint density at radius 1 is 1.29 bits per heavy atom. The first-order valence-corrected chi connectivity index (χ1v) is 10.1. The van der Waals surface area contributed by atoms with E-state index in [0.29, 0.717) is 5.02 Å². The molecule has 142 valence electrons. The molecule has 28 heavy (non-hydrogen) atoms. The molecule has 0 bridgehead atoms. The maximum absolute atomic E-state index is 12.8. The van der Waals surface area contributed by atoms with Crippen molar-refractivity contribution in [2.75, 3.05) is 6.26 Å². The molecular weight excluding hydrogens is 429 g/mol. The van der Waals surface area contributed by atoms with Gasteiger partial charge in [-0.2, -0.15) is 5.26 Å². The number of Topliss-reactive ketones (excluding diaryl/α,β-unsaturated/α-hetero) is 1. The van der Waals surface area contributed by atoms with Crippen molar-refractivity contribution in [1.82, 2.24) is 19.9 Å². The third-order valence-corrected chi connectivity index (χ3v) is 5.01. The van der Waals surface area contributed by atoms with Gasteiger partial charge in [-0.25, -0.2) is 23.4 Å². The summed E-state index contributed by atoms with van der Waals surface area (Å²) in [5.74, 6) is -2.74. The first kappa shape index (κ1) is 19.9. The molecule has 0 spiro atoms. The van der Waals surface area contributed by atoms with Crippen molar-refractivity contribution < 1.29 is 13.2 Å².